The summed E-state index contributed by atoms with van der Waals surface area (Å²) in [6, 6.07) is 21.9. The lowest BCUT2D eigenvalue weighted by molar-refractivity contribution is 0.103. The highest BCUT2D eigenvalue weighted by Crippen LogP contribution is 2.44. The molecule has 0 saturated carbocycles. The number of rotatable bonds is 14. The van der Waals surface area contributed by atoms with Gasteiger partial charge in [-0.15, -0.1) is 0 Å². The van der Waals surface area contributed by atoms with Crippen molar-refractivity contribution in [3.05, 3.63) is 71.8 Å². The minimum atomic E-state index is -0.181. The second-order valence-corrected chi connectivity index (χ2v) is 9.49. The van der Waals surface area contributed by atoms with Gasteiger partial charge < -0.3 is 5.73 Å². The SMILES string of the molecule is CCCCCCCCC(CCc1ccccc1)(CCc1ccccc1)C(C)(C)N. The number of hydrogen-bond acceptors (Lipinski definition) is 1. The van der Waals surface area contributed by atoms with Gasteiger partial charge in [-0.05, 0) is 62.5 Å². The molecule has 1 heteroatoms. The molecule has 0 heterocycles. The average Bonchev–Trinajstić information content (AvgIpc) is 2.72. The molecule has 2 N–H and O–H groups in total. The zero-order chi connectivity index (χ0) is 21.0. The maximum absolute atomic E-state index is 6.91. The Balaban J connectivity index is 2.09. The van der Waals surface area contributed by atoms with Crippen LogP contribution in [0.5, 0.6) is 0 Å². The molecule has 0 fully saturated rings. The van der Waals surface area contributed by atoms with Gasteiger partial charge in [-0.1, -0.05) is 106 Å². The molecule has 160 valence electrons. The number of nitrogens with two attached hydrogens (primary N) is 1. The van der Waals surface area contributed by atoms with Gasteiger partial charge in [0.25, 0.3) is 0 Å². The van der Waals surface area contributed by atoms with Gasteiger partial charge in [0.05, 0.1) is 0 Å². The topological polar surface area (TPSA) is 26.0 Å². The fraction of sp³-hybridized carbons (Fsp3) is 0.571. The molecule has 0 aromatic heterocycles. The van der Waals surface area contributed by atoms with E-state index in [1.165, 1.54) is 68.9 Å². The largest absolute Gasteiger partial charge is 0.325 e. The van der Waals surface area contributed by atoms with Gasteiger partial charge in [-0.2, -0.15) is 0 Å². The summed E-state index contributed by atoms with van der Waals surface area (Å²) in [5, 5.41) is 0. The summed E-state index contributed by atoms with van der Waals surface area (Å²) >= 11 is 0. The van der Waals surface area contributed by atoms with Crippen LogP contribution < -0.4 is 5.73 Å². The number of benzene rings is 2. The van der Waals surface area contributed by atoms with Crippen LogP contribution in [0.4, 0.5) is 0 Å². The Morgan fingerprint density at radius 2 is 1.07 bits per heavy atom. The third kappa shape index (κ3) is 7.97. The van der Waals surface area contributed by atoms with Crippen LogP contribution in [-0.2, 0) is 12.8 Å². The Kier molecular flexibility index (Phi) is 9.94. The Morgan fingerprint density at radius 1 is 0.621 bits per heavy atom. The lowest BCUT2D eigenvalue weighted by Crippen LogP contribution is -2.51. The number of unbranched alkanes of at least 4 members (excludes halogenated alkanes) is 5. The van der Waals surface area contributed by atoms with Crippen molar-refractivity contribution in [3.8, 4) is 0 Å². The predicted octanol–water partition coefficient (Wildman–Crippen LogP) is 7.73. The number of hydrogen-bond donors (Lipinski definition) is 1. The molecule has 0 bridgehead atoms. The molecule has 0 aliphatic heterocycles. The van der Waals surface area contributed by atoms with E-state index in [9.17, 15) is 0 Å². The molecule has 2 aromatic carbocycles. The van der Waals surface area contributed by atoms with Crippen LogP contribution in [0.25, 0.3) is 0 Å². The third-order valence-corrected chi connectivity index (χ3v) is 6.85. The van der Waals surface area contributed by atoms with Crippen LogP contribution in [0, 0.1) is 5.41 Å². The average molecular weight is 394 g/mol. The standard InChI is InChI=1S/C28H43N/c1-4-5-6-7-8-15-22-28(27(2,3)29,23-20-25-16-11-9-12-17-25)24-21-26-18-13-10-14-19-26/h9-14,16-19H,4-8,15,20-24,29H2,1-3H3. The molecule has 1 nitrogen and oxygen atoms in total. The van der Waals surface area contributed by atoms with E-state index in [0.717, 1.165) is 12.8 Å². The first-order chi connectivity index (χ1) is 14.0. The summed E-state index contributed by atoms with van der Waals surface area (Å²) in [5.41, 5.74) is 9.76. The van der Waals surface area contributed by atoms with E-state index in [2.05, 4.69) is 81.4 Å². The second kappa shape index (κ2) is 12.2. The number of aryl methyl sites for hydroxylation is 2. The van der Waals surface area contributed by atoms with Crippen molar-refractivity contribution in [1.29, 1.82) is 0 Å². The fourth-order valence-electron chi connectivity index (χ4n) is 4.64. The van der Waals surface area contributed by atoms with Crippen LogP contribution in [0.2, 0.25) is 0 Å². The van der Waals surface area contributed by atoms with Crippen molar-refractivity contribution < 1.29 is 0 Å². The van der Waals surface area contributed by atoms with E-state index in [1.54, 1.807) is 0 Å². The molecule has 0 unspecified atom stereocenters. The lowest BCUT2D eigenvalue weighted by atomic mass is 9.62. The van der Waals surface area contributed by atoms with E-state index in [0.29, 0.717) is 0 Å². The van der Waals surface area contributed by atoms with Crippen molar-refractivity contribution in [2.45, 2.75) is 96.9 Å². The minimum absolute atomic E-state index is 0.170. The van der Waals surface area contributed by atoms with Crippen LogP contribution in [-0.4, -0.2) is 5.54 Å². The molecule has 0 spiro atoms. The highest BCUT2D eigenvalue weighted by molar-refractivity contribution is 5.17. The molecule has 2 rings (SSSR count). The predicted molar refractivity (Wildman–Crippen MR) is 128 cm³/mol. The lowest BCUT2D eigenvalue weighted by Gasteiger charge is -2.46. The second-order valence-electron chi connectivity index (χ2n) is 9.49. The van der Waals surface area contributed by atoms with E-state index < -0.39 is 0 Å². The molecule has 2 aromatic rings. The van der Waals surface area contributed by atoms with E-state index in [1.807, 2.05) is 0 Å². The molecular weight excluding hydrogens is 350 g/mol. The molecule has 0 atom stereocenters. The van der Waals surface area contributed by atoms with E-state index >= 15 is 0 Å². The smallest absolute Gasteiger partial charge is 0.0154 e. The first-order valence-corrected chi connectivity index (χ1v) is 11.8. The summed E-state index contributed by atoms with van der Waals surface area (Å²) in [7, 11) is 0. The van der Waals surface area contributed by atoms with E-state index in [-0.39, 0.29) is 11.0 Å². The summed E-state index contributed by atoms with van der Waals surface area (Å²) in [5.74, 6) is 0. The summed E-state index contributed by atoms with van der Waals surface area (Å²) < 4.78 is 0. The zero-order valence-electron chi connectivity index (χ0n) is 19.1. The van der Waals surface area contributed by atoms with Crippen LogP contribution >= 0.6 is 0 Å². The third-order valence-electron chi connectivity index (χ3n) is 6.85. The van der Waals surface area contributed by atoms with Crippen LogP contribution in [0.3, 0.4) is 0 Å². The molecule has 0 aliphatic rings. The molecular formula is C28H43N. The van der Waals surface area contributed by atoms with Crippen LogP contribution in [0.15, 0.2) is 60.7 Å². The Bertz CT molecular complexity index is 610. The first kappa shape index (κ1) is 23.7. The highest BCUT2D eigenvalue weighted by Gasteiger charge is 2.41. The molecule has 0 saturated heterocycles. The Labute approximate surface area is 180 Å². The molecule has 29 heavy (non-hydrogen) atoms. The van der Waals surface area contributed by atoms with Gasteiger partial charge in [0.1, 0.15) is 0 Å². The monoisotopic (exact) mass is 393 g/mol. The summed E-state index contributed by atoms with van der Waals surface area (Å²) in [6.45, 7) is 6.81. The normalized spacial score (nSPS) is 12.3. The van der Waals surface area contributed by atoms with Crippen LogP contribution in [0.1, 0.15) is 89.7 Å². The quantitative estimate of drug-likeness (QED) is 0.326. The van der Waals surface area contributed by atoms with Crippen molar-refractivity contribution in [2.75, 3.05) is 0 Å². The molecule has 0 radical (unpaired) electrons. The summed E-state index contributed by atoms with van der Waals surface area (Å²) in [6.07, 6.45) is 13.9. The maximum atomic E-state index is 6.91. The van der Waals surface area contributed by atoms with Gasteiger partial charge in [-0.25, -0.2) is 0 Å². The van der Waals surface area contributed by atoms with Crippen molar-refractivity contribution in [1.82, 2.24) is 0 Å². The minimum Gasteiger partial charge on any atom is -0.325 e. The van der Waals surface area contributed by atoms with Gasteiger partial charge >= 0.3 is 0 Å². The molecule has 0 aliphatic carbocycles. The fourth-order valence-corrected chi connectivity index (χ4v) is 4.64. The van der Waals surface area contributed by atoms with Gasteiger partial charge in [-0.3, -0.25) is 0 Å². The Morgan fingerprint density at radius 3 is 1.52 bits per heavy atom. The van der Waals surface area contributed by atoms with Gasteiger partial charge in [0.15, 0.2) is 0 Å². The van der Waals surface area contributed by atoms with Gasteiger partial charge in [0.2, 0.25) is 0 Å². The maximum Gasteiger partial charge on any atom is 0.0154 e. The van der Waals surface area contributed by atoms with Crippen molar-refractivity contribution >= 4 is 0 Å². The summed E-state index contributed by atoms with van der Waals surface area (Å²) in [4.78, 5) is 0. The zero-order valence-corrected chi connectivity index (χ0v) is 19.1. The van der Waals surface area contributed by atoms with Crippen molar-refractivity contribution in [3.63, 3.8) is 0 Å². The molecule has 0 amide bonds. The Hall–Kier alpha value is -1.60. The highest BCUT2D eigenvalue weighted by atomic mass is 14.8. The first-order valence-electron chi connectivity index (χ1n) is 11.8. The van der Waals surface area contributed by atoms with Crippen molar-refractivity contribution in [2.24, 2.45) is 11.1 Å². The van der Waals surface area contributed by atoms with E-state index in [4.69, 9.17) is 5.73 Å². The van der Waals surface area contributed by atoms with Gasteiger partial charge in [0, 0.05) is 5.54 Å².